The molecular weight excluding hydrogens is 274 g/mol. The Bertz CT molecular complexity index is 392. The van der Waals surface area contributed by atoms with Crippen LogP contribution in [-0.4, -0.2) is 50.9 Å². The first-order valence-corrected chi connectivity index (χ1v) is 7.21. The van der Waals surface area contributed by atoms with E-state index in [0.717, 1.165) is 0 Å². The fraction of sp³-hybridized carbons (Fsp3) is 0.667. The third-order valence-electron chi connectivity index (χ3n) is 3.24. The van der Waals surface area contributed by atoms with Gasteiger partial charge in [0.2, 0.25) is 5.91 Å². The van der Waals surface area contributed by atoms with Crippen molar-refractivity contribution in [1.82, 2.24) is 5.32 Å². The number of nitrogens with one attached hydrogen (secondary N) is 1. The molecule has 0 saturated carbocycles. The van der Waals surface area contributed by atoms with Gasteiger partial charge in [0.1, 0.15) is 0 Å². The van der Waals surface area contributed by atoms with Gasteiger partial charge in [0, 0.05) is 32.4 Å². The lowest BCUT2D eigenvalue weighted by atomic mass is 9.88. The Morgan fingerprint density at radius 1 is 1.29 bits per heavy atom. The Labute approximate surface area is 124 Å². The largest absolute Gasteiger partial charge is 0.382 e. The number of ether oxygens (including phenoxy) is 2. The average molecular weight is 297 g/mol. The first-order chi connectivity index (χ1) is 10.1. The summed E-state index contributed by atoms with van der Waals surface area (Å²) in [6.45, 7) is 1.97. The summed E-state index contributed by atoms with van der Waals surface area (Å²) in [6.07, 6.45) is 4.48. The number of carbonyl (C=O) groups is 3. The van der Waals surface area contributed by atoms with Crippen LogP contribution in [-0.2, 0) is 23.9 Å². The third kappa shape index (κ3) is 7.72. The van der Waals surface area contributed by atoms with Crippen molar-refractivity contribution in [1.29, 1.82) is 0 Å². The fourth-order valence-corrected chi connectivity index (χ4v) is 2.07. The molecule has 0 fully saturated rings. The SMILES string of the molecule is COCCOCCNC(=O)CCCC1CC(=O)C=CC1=O. The predicted octanol–water partition coefficient (Wildman–Crippen LogP) is 0.650. The molecule has 1 aliphatic carbocycles. The Morgan fingerprint density at radius 3 is 2.86 bits per heavy atom. The molecule has 0 spiro atoms. The number of rotatable bonds is 10. The second kappa shape index (κ2) is 10.2. The topological polar surface area (TPSA) is 81.7 Å². The smallest absolute Gasteiger partial charge is 0.220 e. The number of hydrogen-bond donors (Lipinski definition) is 1. The zero-order valence-corrected chi connectivity index (χ0v) is 12.4. The molecule has 0 radical (unpaired) electrons. The molecule has 0 heterocycles. The Kier molecular flexibility index (Phi) is 8.54. The van der Waals surface area contributed by atoms with Crippen LogP contribution in [0.4, 0.5) is 0 Å². The van der Waals surface area contributed by atoms with Crippen molar-refractivity contribution in [3.8, 4) is 0 Å². The minimum atomic E-state index is -0.257. The van der Waals surface area contributed by atoms with Gasteiger partial charge in [0.25, 0.3) is 0 Å². The lowest BCUT2D eigenvalue weighted by Gasteiger charge is -2.15. The Morgan fingerprint density at radius 2 is 2.10 bits per heavy atom. The summed E-state index contributed by atoms with van der Waals surface area (Å²) >= 11 is 0. The van der Waals surface area contributed by atoms with Crippen molar-refractivity contribution in [2.75, 3.05) is 33.5 Å². The van der Waals surface area contributed by atoms with Crippen molar-refractivity contribution >= 4 is 17.5 Å². The molecule has 0 aromatic rings. The van der Waals surface area contributed by atoms with Gasteiger partial charge in [-0.15, -0.1) is 0 Å². The first kappa shape index (κ1) is 17.5. The molecular formula is C15H23NO5. The van der Waals surface area contributed by atoms with E-state index in [4.69, 9.17) is 9.47 Å². The Hall–Kier alpha value is -1.53. The van der Waals surface area contributed by atoms with E-state index in [0.29, 0.717) is 45.6 Å². The van der Waals surface area contributed by atoms with Gasteiger partial charge >= 0.3 is 0 Å². The molecule has 6 nitrogen and oxygen atoms in total. The molecule has 1 atom stereocenters. The molecule has 1 amide bonds. The number of carbonyl (C=O) groups excluding carboxylic acids is 3. The summed E-state index contributed by atoms with van der Waals surface area (Å²) < 4.78 is 10.0. The van der Waals surface area contributed by atoms with Gasteiger partial charge in [-0.25, -0.2) is 0 Å². The standard InChI is InChI=1S/C15H23NO5/c1-20-9-10-21-8-7-16-15(19)4-2-3-12-11-13(17)5-6-14(12)18/h5-6,12H,2-4,7-11H2,1H3,(H,16,19). The lowest BCUT2D eigenvalue weighted by molar-refractivity contribution is -0.125. The van der Waals surface area contributed by atoms with Crippen molar-refractivity contribution < 1.29 is 23.9 Å². The number of methoxy groups -OCH3 is 1. The van der Waals surface area contributed by atoms with Gasteiger partial charge in [-0.2, -0.15) is 0 Å². The molecule has 0 aromatic heterocycles. The summed E-state index contributed by atoms with van der Waals surface area (Å²) in [4.78, 5) is 34.3. The highest BCUT2D eigenvalue weighted by molar-refractivity contribution is 6.05. The third-order valence-corrected chi connectivity index (χ3v) is 3.24. The normalized spacial score (nSPS) is 18.0. The van der Waals surface area contributed by atoms with Crippen molar-refractivity contribution in [3.63, 3.8) is 0 Å². The maximum absolute atomic E-state index is 11.6. The number of ketones is 2. The van der Waals surface area contributed by atoms with E-state index in [9.17, 15) is 14.4 Å². The van der Waals surface area contributed by atoms with Crippen LogP contribution >= 0.6 is 0 Å². The van der Waals surface area contributed by atoms with E-state index in [1.54, 1.807) is 7.11 Å². The highest BCUT2D eigenvalue weighted by Gasteiger charge is 2.22. The Balaban J connectivity index is 2.04. The molecule has 1 rings (SSSR count). The summed E-state index contributed by atoms with van der Waals surface area (Å²) in [5, 5.41) is 2.75. The van der Waals surface area contributed by atoms with E-state index in [1.165, 1.54) is 12.2 Å². The van der Waals surface area contributed by atoms with Gasteiger partial charge < -0.3 is 14.8 Å². The summed E-state index contributed by atoms with van der Waals surface area (Å²) in [5.41, 5.74) is 0. The van der Waals surface area contributed by atoms with Gasteiger partial charge in [0.05, 0.1) is 19.8 Å². The van der Waals surface area contributed by atoms with Crippen LogP contribution in [0.15, 0.2) is 12.2 Å². The van der Waals surface area contributed by atoms with Crippen LogP contribution in [0.2, 0.25) is 0 Å². The maximum Gasteiger partial charge on any atom is 0.220 e. The van der Waals surface area contributed by atoms with E-state index in [-0.39, 0.29) is 29.8 Å². The van der Waals surface area contributed by atoms with Crippen LogP contribution in [0.3, 0.4) is 0 Å². The van der Waals surface area contributed by atoms with E-state index in [2.05, 4.69) is 5.32 Å². The van der Waals surface area contributed by atoms with Crippen LogP contribution in [0, 0.1) is 5.92 Å². The zero-order chi connectivity index (χ0) is 15.5. The number of allylic oxidation sites excluding steroid dienone is 2. The maximum atomic E-state index is 11.6. The highest BCUT2D eigenvalue weighted by Crippen LogP contribution is 2.19. The highest BCUT2D eigenvalue weighted by atomic mass is 16.5. The molecule has 0 bridgehead atoms. The van der Waals surface area contributed by atoms with Gasteiger partial charge in [-0.1, -0.05) is 0 Å². The summed E-state index contributed by atoms with van der Waals surface area (Å²) in [6, 6.07) is 0. The van der Waals surface area contributed by atoms with E-state index in [1.807, 2.05) is 0 Å². The molecule has 0 saturated heterocycles. The molecule has 0 aromatic carbocycles. The minimum absolute atomic E-state index is 0.0125. The number of hydrogen-bond acceptors (Lipinski definition) is 5. The second-order valence-electron chi connectivity index (χ2n) is 4.95. The number of amides is 1. The van der Waals surface area contributed by atoms with E-state index >= 15 is 0 Å². The molecule has 1 N–H and O–H groups in total. The van der Waals surface area contributed by atoms with Crippen LogP contribution in [0.5, 0.6) is 0 Å². The molecule has 6 heteroatoms. The molecule has 1 unspecified atom stereocenters. The predicted molar refractivity (Wildman–Crippen MR) is 76.8 cm³/mol. The summed E-state index contributed by atoms with van der Waals surface area (Å²) in [7, 11) is 1.60. The van der Waals surface area contributed by atoms with Crippen LogP contribution < -0.4 is 5.32 Å². The average Bonchev–Trinajstić information content (AvgIpc) is 2.46. The van der Waals surface area contributed by atoms with Crippen LogP contribution in [0.25, 0.3) is 0 Å². The van der Waals surface area contributed by atoms with Gasteiger partial charge in [0.15, 0.2) is 11.6 Å². The fourth-order valence-electron chi connectivity index (χ4n) is 2.07. The van der Waals surface area contributed by atoms with Crippen molar-refractivity contribution in [2.24, 2.45) is 5.92 Å². The molecule has 21 heavy (non-hydrogen) atoms. The molecule has 118 valence electrons. The first-order valence-electron chi connectivity index (χ1n) is 7.21. The van der Waals surface area contributed by atoms with Crippen molar-refractivity contribution in [2.45, 2.75) is 25.7 Å². The molecule has 1 aliphatic rings. The van der Waals surface area contributed by atoms with Crippen molar-refractivity contribution in [3.05, 3.63) is 12.2 Å². The monoisotopic (exact) mass is 297 g/mol. The van der Waals surface area contributed by atoms with Gasteiger partial charge in [-0.3, -0.25) is 14.4 Å². The minimum Gasteiger partial charge on any atom is -0.382 e. The second-order valence-corrected chi connectivity index (χ2v) is 4.95. The summed E-state index contributed by atoms with van der Waals surface area (Å²) in [5.74, 6) is -0.345. The lowest BCUT2D eigenvalue weighted by Crippen LogP contribution is -2.28. The molecule has 0 aliphatic heterocycles. The van der Waals surface area contributed by atoms with E-state index < -0.39 is 0 Å². The zero-order valence-electron chi connectivity index (χ0n) is 12.4. The quantitative estimate of drug-likeness (QED) is 0.599. The van der Waals surface area contributed by atoms with Gasteiger partial charge in [-0.05, 0) is 25.0 Å². The van der Waals surface area contributed by atoms with Crippen LogP contribution in [0.1, 0.15) is 25.7 Å².